The van der Waals surface area contributed by atoms with Gasteiger partial charge in [0.2, 0.25) is 17.6 Å². The maximum absolute atomic E-state index is 12.9. The number of carbonyl (C=O) groups is 2. The van der Waals surface area contributed by atoms with Gasteiger partial charge in [-0.1, -0.05) is 39.3 Å². The topological polar surface area (TPSA) is 97.6 Å². The van der Waals surface area contributed by atoms with Crippen LogP contribution in [0.5, 0.6) is 0 Å². The number of amides is 1. The van der Waals surface area contributed by atoms with E-state index in [1.165, 1.54) is 0 Å². The van der Waals surface area contributed by atoms with Gasteiger partial charge in [-0.25, -0.2) is 4.79 Å². The number of esters is 1. The molecule has 2 heterocycles. The van der Waals surface area contributed by atoms with Crippen LogP contribution in [0, 0.1) is 12.8 Å². The standard InChI is InChI=1S/C25H27BrN4O4/c1-3-33-25(32)19-8-7-16(2)21(14-19)27-24(31)17-9-11-30(12-10-17)15-22-28-23(29-34-22)18-5-4-6-20(26)13-18/h4-8,13-14,17H,3,9-12,15H2,1-2H3,(H,27,31). The van der Waals surface area contributed by atoms with Gasteiger partial charge in [0, 0.05) is 21.6 Å². The Morgan fingerprint density at radius 3 is 2.74 bits per heavy atom. The minimum Gasteiger partial charge on any atom is -0.462 e. The van der Waals surface area contributed by atoms with Crippen molar-refractivity contribution in [3.05, 3.63) is 64.0 Å². The second kappa shape index (κ2) is 10.9. The number of benzene rings is 2. The number of aromatic nitrogens is 2. The van der Waals surface area contributed by atoms with Crippen molar-refractivity contribution in [2.24, 2.45) is 5.92 Å². The lowest BCUT2D eigenvalue weighted by Crippen LogP contribution is -2.37. The van der Waals surface area contributed by atoms with Crippen molar-refractivity contribution in [3.8, 4) is 11.4 Å². The zero-order valence-corrected chi connectivity index (χ0v) is 20.8. The molecule has 8 nitrogen and oxygen atoms in total. The third-order valence-electron chi connectivity index (χ3n) is 5.87. The summed E-state index contributed by atoms with van der Waals surface area (Å²) in [6.45, 7) is 6.04. The fourth-order valence-corrected chi connectivity index (χ4v) is 4.34. The Kier molecular flexibility index (Phi) is 7.74. The highest BCUT2D eigenvalue weighted by Crippen LogP contribution is 2.24. The summed E-state index contributed by atoms with van der Waals surface area (Å²) in [7, 11) is 0. The SMILES string of the molecule is CCOC(=O)c1ccc(C)c(NC(=O)C2CCN(Cc3nc(-c4cccc(Br)c4)no3)CC2)c1. The first-order chi connectivity index (χ1) is 16.4. The first-order valence-electron chi connectivity index (χ1n) is 11.3. The van der Waals surface area contributed by atoms with E-state index in [1.54, 1.807) is 19.1 Å². The molecule has 0 spiro atoms. The predicted octanol–water partition coefficient (Wildman–Crippen LogP) is 4.83. The van der Waals surface area contributed by atoms with E-state index in [4.69, 9.17) is 9.26 Å². The lowest BCUT2D eigenvalue weighted by Gasteiger charge is -2.30. The van der Waals surface area contributed by atoms with Crippen LogP contribution in [0.3, 0.4) is 0 Å². The van der Waals surface area contributed by atoms with Crippen molar-refractivity contribution < 1.29 is 18.8 Å². The molecule has 4 rings (SSSR count). The molecule has 1 aliphatic heterocycles. The van der Waals surface area contributed by atoms with E-state index in [9.17, 15) is 9.59 Å². The molecular weight excluding hydrogens is 500 g/mol. The van der Waals surface area contributed by atoms with Gasteiger partial charge in [-0.05, 0) is 69.6 Å². The quantitative estimate of drug-likeness (QED) is 0.440. The number of halogens is 1. The number of anilines is 1. The zero-order chi connectivity index (χ0) is 24.1. The van der Waals surface area contributed by atoms with Crippen LogP contribution >= 0.6 is 15.9 Å². The van der Waals surface area contributed by atoms with E-state index in [2.05, 4.69) is 36.3 Å². The van der Waals surface area contributed by atoms with Crippen LogP contribution in [0.2, 0.25) is 0 Å². The van der Waals surface area contributed by atoms with Crippen molar-refractivity contribution in [2.45, 2.75) is 33.2 Å². The average molecular weight is 527 g/mol. The van der Waals surface area contributed by atoms with E-state index < -0.39 is 5.97 Å². The summed E-state index contributed by atoms with van der Waals surface area (Å²) in [6, 6.07) is 13.0. The summed E-state index contributed by atoms with van der Waals surface area (Å²) in [5.41, 5.74) is 2.86. The molecule has 2 aromatic carbocycles. The van der Waals surface area contributed by atoms with E-state index >= 15 is 0 Å². The van der Waals surface area contributed by atoms with Gasteiger partial charge in [-0.3, -0.25) is 9.69 Å². The highest BCUT2D eigenvalue weighted by Gasteiger charge is 2.26. The monoisotopic (exact) mass is 526 g/mol. The predicted molar refractivity (Wildman–Crippen MR) is 131 cm³/mol. The molecule has 0 radical (unpaired) electrons. The molecule has 1 amide bonds. The lowest BCUT2D eigenvalue weighted by atomic mass is 9.95. The fourth-order valence-electron chi connectivity index (χ4n) is 3.94. The molecular formula is C25H27BrN4O4. The summed E-state index contributed by atoms with van der Waals surface area (Å²) < 4.78 is 11.5. The molecule has 1 saturated heterocycles. The maximum Gasteiger partial charge on any atom is 0.338 e. The molecule has 0 saturated carbocycles. The van der Waals surface area contributed by atoms with Crippen LogP contribution in [0.1, 0.15) is 41.6 Å². The Hall–Kier alpha value is -3.04. The molecule has 3 aromatic rings. The molecule has 9 heteroatoms. The number of ether oxygens (including phenoxy) is 1. The average Bonchev–Trinajstić information content (AvgIpc) is 3.29. The molecule has 1 aliphatic rings. The Labute approximate surface area is 206 Å². The minimum absolute atomic E-state index is 0.0292. The smallest absolute Gasteiger partial charge is 0.338 e. The van der Waals surface area contributed by atoms with Crippen LogP contribution in [0.15, 0.2) is 51.5 Å². The van der Waals surface area contributed by atoms with Gasteiger partial charge in [0.15, 0.2) is 0 Å². The maximum atomic E-state index is 12.9. The van der Waals surface area contributed by atoms with Crippen LogP contribution in [0.4, 0.5) is 5.69 Å². The molecule has 178 valence electrons. The summed E-state index contributed by atoms with van der Waals surface area (Å²) >= 11 is 3.46. The fraction of sp³-hybridized carbons (Fsp3) is 0.360. The first kappa shape index (κ1) is 24.1. The van der Waals surface area contributed by atoms with E-state index in [1.807, 2.05) is 37.3 Å². The van der Waals surface area contributed by atoms with Gasteiger partial charge in [0.05, 0.1) is 18.7 Å². The van der Waals surface area contributed by atoms with E-state index in [-0.39, 0.29) is 11.8 Å². The number of carbonyl (C=O) groups excluding carboxylic acids is 2. The number of nitrogens with one attached hydrogen (secondary N) is 1. The summed E-state index contributed by atoms with van der Waals surface area (Å²) in [6.07, 6.45) is 1.46. The minimum atomic E-state index is -0.393. The molecule has 1 aromatic heterocycles. The largest absolute Gasteiger partial charge is 0.462 e. The molecule has 0 atom stereocenters. The second-order valence-electron chi connectivity index (χ2n) is 8.31. The number of nitrogens with zero attached hydrogens (tertiary/aromatic N) is 3. The second-order valence-corrected chi connectivity index (χ2v) is 9.23. The Morgan fingerprint density at radius 2 is 2.00 bits per heavy atom. The Bertz CT molecular complexity index is 1170. The van der Waals surface area contributed by atoms with Crippen molar-refractivity contribution in [3.63, 3.8) is 0 Å². The van der Waals surface area contributed by atoms with Crippen molar-refractivity contribution in [1.82, 2.24) is 15.0 Å². The molecule has 34 heavy (non-hydrogen) atoms. The normalized spacial score (nSPS) is 14.7. The number of piperidine rings is 1. The summed E-state index contributed by atoms with van der Waals surface area (Å²) in [5, 5.41) is 7.09. The first-order valence-corrected chi connectivity index (χ1v) is 12.1. The lowest BCUT2D eigenvalue weighted by molar-refractivity contribution is -0.121. The van der Waals surface area contributed by atoms with E-state index in [0.29, 0.717) is 36.1 Å². The molecule has 0 unspecified atom stereocenters. The number of rotatable bonds is 7. The Morgan fingerprint density at radius 1 is 1.21 bits per heavy atom. The summed E-state index contributed by atoms with van der Waals surface area (Å²) in [4.78, 5) is 31.6. The van der Waals surface area contributed by atoms with Gasteiger partial charge in [-0.15, -0.1) is 0 Å². The number of hydrogen-bond donors (Lipinski definition) is 1. The van der Waals surface area contributed by atoms with Gasteiger partial charge in [0.25, 0.3) is 0 Å². The van der Waals surface area contributed by atoms with Gasteiger partial charge >= 0.3 is 5.97 Å². The van der Waals surface area contributed by atoms with Crippen LogP contribution in [0.25, 0.3) is 11.4 Å². The highest BCUT2D eigenvalue weighted by molar-refractivity contribution is 9.10. The number of likely N-dealkylation sites (tertiary alicyclic amines) is 1. The zero-order valence-electron chi connectivity index (χ0n) is 19.2. The van der Waals surface area contributed by atoms with Gasteiger partial charge in [0.1, 0.15) is 0 Å². The van der Waals surface area contributed by atoms with Crippen LogP contribution in [-0.4, -0.2) is 46.6 Å². The van der Waals surface area contributed by atoms with Crippen molar-refractivity contribution in [2.75, 3.05) is 25.0 Å². The molecule has 1 fully saturated rings. The van der Waals surface area contributed by atoms with Crippen LogP contribution in [-0.2, 0) is 16.1 Å². The van der Waals surface area contributed by atoms with Crippen molar-refractivity contribution in [1.29, 1.82) is 0 Å². The molecule has 0 aliphatic carbocycles. The van der Waals surface area contributed by atoms with Gasteiger partial charge < -0.3 is 14.6 Å². The number of hydrogen-bond acceptors (Lipinski definition) is 7. The van der Waals surface area contributed by atoms with Crippen molar-refractivity contribution >= 4 is 33.5 Å². The summed E-state index contributed by atoms with van der Waals surface area (Å²) in [5.74, 6) is 0.603. The molecule has 0 bridgehead atoms. The van der Waals surface area contributed by atoms with Crippen LogP contribution < -0.4 is 5.32 Å². The van der Waals surface area contributed by atoms with E-state index in [0.717, 1.165) is 41.5 Å². The van der Waals surface area contributed by atoms with Gasteiger partial charge in [-0.2, -0.15) is 4.98 Å². The third kappa shape index (κ3) is 5.90. The Balaban J connectivity index is 1.31. The highest BCUT2D eigenvalue weighted by atomic mass is 79.9. The molecule has 1 N–H and O–H groups in total. The number of aryl methyl sites for hydroxylation is 1. The third-order valence-corrected chi connectivity index (χ3v) is 6.37.